The third-order valence-corrected chi connectivity index (χ3v) is 5.59. The minimum atomic E-state index is -0.133. The van der Waals surface area contributed by atoms with E-state index >= 15 is 0 Å². The summed E-state index contributed by atoms with van der Waals surface area (Å²) in [5.41, 5.74) is 7.54. The summed E-state index contributed by atoms with van der Waals surface area (Å²) in [4.78, 5) is 16.3. The Labute approximate surface area is 193 Å². The fourth-order valence-corrected chi connectivity index (χ4v) is 3.64. The summed E-state index contributed by atoms with van der Waals surface area (Å²) in [6.45, 7) is 7.93. The molecule has 0 bridgehead atoms. The molecule has 0 aliphatic heterocycles. The number of aryl methyl sites for hydroxylation is 2. The molecule has 0 fully saturated rings. The summed E-state index contributed by atoms with van der Waals surface area (Å²) in [6, 6.07) is 16.6. The number of hydrogen-bond acceptors (Lipinski definition) is 4. The molecule has 0 unspecified atom stereocenters. The molecular weight excluding hydrogens is 412 g/mol. The Morgan fingerprint density at radius 2 is 1.61 bits per heavy atom. The molecule has 0 saturated heterocycles. The standard InChI is InChI=1S/C26H28N6O/c1-19-4-6-24(7-5-19)16-32-21(3)25(20(2)30-32)12-13-26(33)28-14-22-8-10-23(11-9-22)15-31-18-27-17-29-31/h4-13,17-18H,14-16H2,1-3H3,(H,28,33)/b13-12+. The number of nitrogens with zero attached hydrogens (tertiary/aromatic N) is 5. The lowest BCUT2D eigenvalue weighted by Gasteiger charge is -2.06. The Kier molecular flexibility index (Phi) is 6.78. The van der Waals surface area contributed by atoms with Crippen molar-refractivity contribution < 1.29 is 4.79 Å². The molecule has 7 nitrogen and oxygen atoms in total. The van der Waals surface area contributed by atoms with Crippen molar-refractivity contribution in [3.05, 3.63) is 106 Å². The lowest BCUT2D eigenvalue weighted by molar-refractivity contribution is -0.116. The first-order valence-electron chi connectivity index (χ1n) is 10.9. The van der Waals surface area contributed by atoms with Gasteiger partial charge in [-0.25, -0.2) is 9.67 Å². The van der Waals surface area contributed by atoms with Crippen LogP contribution in [0.5, 0.6) is 0 Å². The van der Waals surface area contributed by atoms with Crippen molar-refractivity contribution in [3.8, 4) is 0 Å². The molecule has 0 aliphatic rings. The van der Waals surface area contributed by atoms with Gasteiger partial charge in [0.1, 0.15) is 12.7 Å². The summed E-state index contributed by atoms with van der Waals surface area (Å²) >= 11 is 0. The second-order valence-corrected chi connectivity index (χ2v) is 8.19. The third kappa shape index (κ3) is 5.83. The first-order valence-corrected chi connectivity index (χ1v) is 10.9. The van der Waals surface area contributed by atoms with Gasteiger partial charge < -0.3 is 5.32 Å². The number of nitrogens with one attached hydrogen (secondary N) is 1. The van der Waals surface area contributed by atoms with E-state index in [2.05, 4.69) is 51.7 Å². The summed E-state index contributed by atoms with van der Waals surface area (Å²) in [5.74, 6) is -0.133. The molecule has 0 aliphatic carbocycles. The zero-order chi connectivity index (χ0) is 23.2. The average molecular weight is 441 g/mol. The zero-order valence-corrected chi connectivity index (χ0v) is 19.2. The van der Waals surface area contributed by atoms with Crippen LogP contribution in [0.4, 0.5) is 0 Å². The van der Waals surface area contributed by atoms with Gasteiger partial charge in [-0.1, -0.05) is 54.1 Å². The molecule has 2 heterocycles. The second-order valence-electron chi connectivity index (χ2n) is 8.19. The Morgan fingerprint density at radius 1 is 0.939 bits per heavy atom. The molecule has 2 aromatic carbocycles. The van der Waals surface area contributed by atoms with Gasteiger partial charge in [0.05, 0.1) is 18.8 Å². The van der Waals surface area contributed by atoms with Gasteiger partial charge in [0, 0.05) is 23.9 Å². The van der Waals surface area contributed by atoms with Gasteiger partial charge >= 0.3 is 0 Å². The minimum Gasteiger partial charge on any atom is -0.348 e. The predicted molar refractivity (Wildman–Crippen MR) is 128 cm³/mol. The minimum absolute atomic E-state index is 0.133. The maximum Gasteiger partial charge on any atom is 0.244 e. The number of rotatable bonds is 8. The van der Waals surface area contributed by atoms with Crippen LogP contribution in [-0.4, -0.2) is 30.5 Å². The van der Waals surface area contributed by atoms with Crippen molar-refractivity contribution in [2.45, 2.75) is 40.4 Å². The summed E-state index contributed by atoms with van der Waals surface area (Å²) in [5, 5.41) is 11.7. The molecule has 1 amide bonds. The van der Waals surface area contributed by atoms with E-state index in [0.29, 0.717) is 19.6 Å². The Morgan fingerprint density at radius 3 is 2.30 bits per heavy atom. The zero-order valence-electron chi connectivity index (χ0n) is 19.2. The monoisotopic (exact) mass is 440 g/mol. The van der Waals surface area contributed by atoms with E-state index in [0.717, 1.165) is 28.1 Å². The summed E-state index contributed by atoms with van der Waals surface area (Å²) in [7, 11) is 0. The van der Waals surface area contributed by atoms with Crippen LogP contribution in [-0.2, 0) is 24.4 Å². The largest absolute Gasteiger partial charge is 0.348 e. The smallest absolute Gasteiger partial charge is 0.244 e. The molecule has 0 saturated carbocycles. The van der Waals surface area contributed by atoms with Gasteiger partial charge in [-0.15, -0.1) is 0 Å². The van der Waals surface area contributed by atoms with Crippen LogP contribution >= 0.6 is 0 Å². The van der Waals surface area contributed by atoms with Crippen molar-refractivity contribution in [2.24, 2.45) is 0 Å². The van der Waals surface area contributed by atoms with Crippen LogP contribution in [0, 0.1) is 20.8 Å². The third-order valence-electron chi connectivity index (χ3n) is 5.59. The molecule has 33 heavy (non-hydrogen) atoms. The number of aromatic nitrogens is 5. The lowest BCUT2D eigenvalue weighted by Crippen LogP contribution is -2.20. The second kappa shape index (κ2) is 10.1. The topological polar surface area (TPSA) is 77.6 Å². The van der Waals surface area contributed by atoms with Gasteiger partial charge in [0.15, 0.2) is 0 Å². The van der Waals surface area contributed by atoms with E-state index < -0.39 is 0 Å². The van der Waals surface area contributed by atoms with Crippen molar-refractivity contribution in [3.63, 3.8) is 0 Å². The highest BCUT2D eigenvalue weighted by molar-refractivity contribution is 5.91. The Balaban J connectivity index is 1.33. The van der Waals surface area contributed by atoms with E-state index in [1.54, 1.807) is 17.1 Å². The van der Waals surface area contributed by atoms with Crippen molar-refractivity contribution in [2.75, 3.05) is 0 Å². The molecule has 4 aromatic rings. The van der Waals surface area contributed by atoms with Gasteiger partial charge in [-0.3, -0.25) is 9.48 Å². The van der Waals surface area contributed by atoms with Gasteiger partial charge in [0.2, 0.25) is 5.91 Å². The molecule has 0 radical (unpaired) electrons. The number of carbonyl (C=O) groups excluding carboxylic acids is 1. The van der Waals surface area contributed by atoms with E-state index in [-0.39, 0.29) is 5.91 Å². The van der Waals surface area contributed by atoms with E-state index in [1.165, 1.54) is 17.5 Å². The highest BCUT2D eigenvalue weighted by Gasteiger charge is 2.10. The van der Waals surface area contributed by atoms with Gasteiger partial charge in [-0.2, -0.15) is 10.2 Å². The predicted octanol–water partition coefficient (Wildman–Crippen LogP) is 3.83. The van der Waals surface area contributed by atoms with E-state index in [9.17, 15) is 4.79 Å². The average Bonchev–Trinajstić information content (AvgIpc) is 3.41. The molecule has 1 N–H and O–H groups in total. The van der Waals surface area contributed by atoms with Crippen molar-refractivity contribution in [1.29, 1.82) is 0 Å². The summed E-state index contributed by atoms with van der Waals surface area (Å²) in [6.07, 6.45) is 6.64. The van der Waals surface area contributed by atoms with Crippen LogP contribution in [0.1, 0.15) is 39.2 Å². The fraction of sp³-hybridized carbons (Fsp3) is 0.231. The Hall–Kier alpha value is -4.00. The van der Waals surface area contributed by atoms with Crippen LogP contribution in [0.2, 0.25) is 0 Å². The first-order chi connectivity index (χ1) is 16.0. The number of benzene rings is 2. The fourth-order valence-electron chi connectivity index (χ4n) is 3.64. The SMILES string of the molecule is Cc1ccc(Cn2nc(C)c(/C=C/C(=O)NCc3ccc(Cn4cncn4)cc3)c2C)cc1. The lowest BCUT2D eigenvalue weighted by atomic mass is 10.1. The molecule has 168 valence electrons. The van der Waals surface area contributed by atoms with E-state index in [1.807, 2.05) is 48.9 Å². The normalized spacial score (nSPS) is 11.2. The number of hydrogen-bond donors (Lipinski definition) is 1. The van der Waals surface area contributed by atoms with Crippen molar-refractivity contribution >= 4 is 12.0 Å². The number of amides is 1. The van der Waals surface area contributed by atoms with Gasteiger partial charge in [-0.05, 0) is 43.5 Å². The maximum atomic E-state index is 12.4. The summed E-state index contributed by atoms with van der Waals surface area (Å²) < 4.78 is 3.76. The highest BCUT2D eigenvalue weighted by Crippen LogP contribution is 2.17. The van der Waals surface area contributed by atoms with Crippen LogP contribution < -0.4 is 5.32 Å². The molecule has 0 spiro atoms. The molecule has 2 aromatic heterocycles. The van der Waals surface area contributed by atoms with Crippen LogP contribution in [0.15, 0.2) is 67.3 Å². The molecule has 7 heteroatoms. The van der Waals surface area contributed by atoms with Gasteiger partial charge in [0.25, 0.3) is 0 Å². The maximum absolute atomic E-state index is 12.4. The van der Waals surface area contributed by atoms with Crippen LogP contribution in [0.25, 0.3) is 6.08 Å². The molecular formula is C26H28N6O. The van der Waals surface area contributed by atoms with E-state index in [4.69, 9.17) is 0 Å². The molecule has 4 rings (SSSR count). The Bertz CT molecular complexity index is 1240. The highest BCUT2D eigenvalue weighted by atomic mass is 16.1. The van der Waals surface area contributed by atoms with Crippen molar-refractivity contribution in [1.82, 2.24) is 29.9 Å². The molecule has 0 atom stereocenters. The quantitative estimate of drug-likeness (QED) is 0.423. The van der Waals surface area contributed by atoms with Crippen LogP contribution in [0.3, 0.4) is 0 Å². The number of carbonyl (C=O) groups is 1. The first kappa shape index (κ1) is 22.2.